The first-order valence-corrected chi connectivity index (χ1v) is 33.2. The molecule has 0 fully saturated rings. The minimum absolute atomic E-state index is 0.195. The van der Waals surface area contributed by atoms with E-state index in [-0.39, 0.29) is 11.1 Å². The fraction of sp³-hybridized carbons (Fsp3) is 0.400. The third-order valence-electron chi connectivity index (χ3n) is 18.6. The van der Waals surface area contributed by atoms with Crippen LogP contribution >= 0.6 is 0 Å². The minimum Gasteiger partial charge on any atom is -0.422 e. The molecule has 434 valence electrons. The average molecular weight is 1120 g/mol. The Morgan fingerprint density at radius 1 is 0.286 bits per heavy atom. The standard InChI is InChI=1S/C80H90O4/c1-5-9-13-17-21-25-35-55-49-57-39-33-47-67-71(57)69(51-55)63-45-31-41-59-53-61(37-27-23-19-15-11-7-3)77(75(67)73(59)63)83-79(81)65-43-29-30-44-66(65)80(82)84-78-62(38-28-24-20-16-12-8-4)54-60-42-32-46-64-70-52-56(36-26-22-18-14-10-6-2)50-58-40-34-48-68(72(58)70)76(78)74(60)64/h29-34,39-54H,5-28,35-38H2,1-4H3. The summed E-state index contributed by atoms with van der Waals surface area (Å²) < 4.78 is 14.0. The van der Waals surface area contributed by atoms with Gasteiger partial charge in [-0.15, -0.1) is 0 Å². The fourth-order valence-electron chi connectivity index (χ4n) is 14.2. The summed E-state index contributed by atoms with van der Waals surface area (Å²) in [6.07, 6.45) is 32.7. The average Bonchev–Trinajstić information content (AvgIpc) is 0.927. The van der Waals surface area contributed by atoms with Crippen LogP contribution in [-0.4, -0.2) is 11.9 Å². The van der Waals surface area contributed by atoms with E-state index in [1.54, 1.807) is 12.1 Å². The van der Waals surface area contributed by atoms with Crippen molar-refractivity contribution >= 4 is 98.1 Å². The lowest BCUT2D eigenvalue weighted by atomic mass is 9.86. The third kappa shape index (κ3) is 12.7. The van der Waals surface area contributed by atoms with Gasteiger partial charge < -0.3 is 9.47 Å². The molecule has 0 bridgehead atoms. The number of rotatable bonds is 32. The molecule has 0 spiro atoms. The number of carbonyl (C=O) groups is 2. The Morgan fingerprint density at radius 2 is 0.607 bits per heavy atom. The molecule has 0 saturated carbocycles. The number of hydrogen-bond donors (Lipinski definition) is 0. The lowest BCUT2D eigenvalue weighted by molar-refractivity contribution is 0.0693. The zero-order valence-electron chi connectivity index (χ0n) is 51.1. The van der Waals surface area contributed by atoms with Crippen LogP contribution in [0.3, 0.4) is 0 Å². The summed E-state index contributed by atoms with van der Waals surface area (Å²) >= 11 is 0. The number of benzene rings is 11. The molecule has 4 nitrogen and oxygen atoms in total. The first-order valence-electron chi connectivity index (χ1n) is 33.2. The summed E-state index contributed by atoms with van der Waals surface area (Å²) in [5, 5.41) is 18.3. The lowest BCUT2D eigenvalue weighted by Crippen LogP contribution is -2.18. The normalized spacial score (nSPS) is 12.0. The van der Waals surface area contributed by atoms with Crippen LogP contribution in [0.2, 0.25) is 0 Å². The molecule has 0 aliphatic rings. The predicted molar refractivity (Wildman–Crippen MR) is 360 cm³/mol. The van der Waals surface area contributed by atoms with Gasteiger partial charge in [0.05, 0.1) is 11.1 Å². The van der Waals surface area contributed by atoms with Crippen LogP contribution < -0.4 is 9.47 Å². The van der Waals surface area contributed by atoms with Crippen LogP contribution in [0.5, 0.6) is 11.5 Å². The molecule has 0 saturated heterocycles. The van der Waals surface area contributed by atoms with Crippen molar-refractivity contribution in [1.82, 2.24) is 0 Å². The topological polar surface area (TPSA) is 52.6 Å². The van der Waals surface area contributed by atoms with Crippen molar-refractivity contribution < 1.29 is 19.1 Å². The highest BCUT2D eigenvalue weighted by atomic mass is 16.5. The monoisotopic (exact) mass is 1110 g/mol. The Hall–Kier alpha value is -7.04. The van der Waals surface area contributed by atoms with Gasteiger partial charge in [0, 0.05) is 21.5 Å². The number of carbonyl (C=O) groups excluding carboxylic acids is 2. The number of fused-ring (bicyclic) bond motifs is 4. The van der Waals surface area contributed by atoms with E-state index in [9.17, 15) is 0 Å². The van der Waals surface area contributed by atoms with Crippen molar-refractivity contribution in [1.29, 1.82) is 0 Å². The number of hydrogen-bond acceptors (Lipinski definition) is 4. The van der Waals surface area contributed by atoms with Gasteiger partial charge in [-0.25, -0.2) is 9.59 Å². The van der Waals surface area contributed by atoms with Crippen LogP contribution in [0, 0.1) is 0 Å². The number of esters is 2. The maximum Gasteiger partial charge on any atom is 0.344 e. The molecule has 0 radical (unpaired) electrons. The van der Waals surface area contributed by atoms with Crippen LogP contribution in [0.15, 0.2) is 133 Å². The summed E-state index contributed by atoms with van der Waals surface area (Å²) in [5.41, 5.74) is 5.18. The van der Waals surface area contributed by atoms with E-state index < -0.39 is 11.9 Å². The molecule has 0 N–H and O–H groups in total. The molecule has 0 aliphatic carbocycles. The van der Waals surface area contributed by atoms with Crippen molar-refractivity contribution in [3.8, 4) is 11.5 Å². The maximum absolute atomic E-state index is 15.5. The van der Waals surface area contributed by atoms with Crippen molar-refractivity contribution in [3.63, 3.8) is 0 Å². The second-order valence-corrected chi connectivity index (χ2v) is 24.8. The summed E-state index contributed by atoms with van der Waals surface area (Å²) in [6, 6.07) is 48.0. The number of unbranched alkanes of at least 4 members (excludes halogenated alkanes) is 20. The Balaban J connectivity index is 0.989. The van der Waals surface area contributed by atoms with E-state index in [1.165, 1.54) is 183 Å². The molecule has 11 aromatic rings. The molecule has 0 aliphatic heterocycles. The smallest absolute Gasteiger partial charge is 0.344 e. The molecule has 0 atom stereocenters. The fourth-order valence-corrected chi connectivity index (χ4v) is 14.2. The highest BCUT2D eigenvalue weighted by molar-refractivity contribution is 6.36. The quantitative estimate of drug-likeness (QED) is 0.0139. The highest BCUT2D eigenvalue weighted by Gasteiger charge is 2.28. The molecule has 0 amide bonds. The first kappa shape index (κ1) is 58.7. The van der Waals surface area contributed by atoms with E-state index in [2.05, 4.69) is 137 Å². The minimum atomic E-state index is -0.558. The van der Waals surface area contributed by atoms with Gasteiger partial charge in [-0.2, -0.15) is 0 Å². The van der Waals surface area contributed by atoms with Crippen LogP contribution in [0.4, 0.5) is 0 Å². The molecule has 84 heavy (non-hydrogen) atoms. The van der Waals surface area contributed by atoms with Crippen LogP contribution in [0.25, 0.3) is 86.2 Å². The molecule has 11 rings (SSSR count). The zero-order chi connectivity index (χ0) is 57.8. The summed E-state index contributed by atoms with van der Waals surface area (Å²) in [5.74, 6) is 0.0788. The largest absolute Gasteiger partial charge is 0.422 e. The van der Waals surface area contributed by atoms with Gasteiger partial charge in [0.1, 0.15) is 11.5 Å². The predicted octanol–water partition coefficient (Wildman–Crippen LogP) is 23.8. The van der Waals surface area contributed by atoms with E-state index in [1.807, 2.05) is 12.1 Å². The first-order chi connectivity index (χ1) is 41.4. The lowest BCUT2D eigenvalue weighted by Gasteiger charge is -2.21. The van der Waals surface area contributed by atoms with Crippen molar-refractivity contribution in [2.24, 2.45) is 0 Å². The van der Waals surface area contributed by atoms with Gasteiger partial charge in [-0.3, -0.25) is 0 Å². The SMILES string of the molecule is CCCCCCCCc1cc2cccc3c4c(OC(=O)c5ccccc5C(=O)Oc5c(CCCCCCCC)cc6cccc7c8cc(CCCCCCCC)cc9cccc(c5c67)c98)c(CCCCCCCC)cc5cccc(c(c1)c23)c54. The van der Waals surface area contributed by atoms with Crippen LogP contribution in [-0.2, 0) is 25.7 Å². The van der Waals surface area contributed by atoms with Crippen molar-refractivity contribution in [2.75, 3.05) is 0 Å². The van der Waals surface area contributed by atoms with Gasteiger partial charge >= 0.3 is 11.9 Å². The Bertz CT molecular complexity index is 3770. The molecular weight excluding hydrogens is 1020 g/mol. The third-order valence-corrected chi connectivity index (χ3v) is 18.6. The van der Waals surface area contributed by atoms with Gasteiger partial charge in [-0.05, 0) is 163 Å². The van der Waals surface area contributed by atoms with E-state index >= 15 is 9.59 Å². The van der Waals surface area contributed by atoms with Gasteiger partial charge in [0.25, 0.3) is 0 Å². The summed E-state index contributed by atoms with van der Waals surface area (Å²) in [4.78, 5) is 30.9. The Morgan fingerprint density at radius 3 is 0.976 bits per heavy atom. The van der Waals surface area contributed by atoms with E-state index in [0.29, 0.717) is 11.5 Å². The van der Waals surface area contributed by atoms with Crippen molar-refractivity contribution in [2.45, 2.75) is 207 Å². The van der Waals surface area contributed by atoms with Crippen LogP contribution in [0.1, 0.15) is 225 Å². The Labute approximate surface area is 500 Å². The zero-order valence-corrected chi connectivity index (χ0v) is 51.1. The molecule has 11 aromatic carbocycles. The maximum atomic E-state index is 15.5. The van der Waals surface area contributed by atoms with Gasteiger partial charge in [0.15, 0.2) is 0 Å². The highest BCUT2D eigenvalue weighted by Crippen LogP contribution is 2.49. The molecular formula is C80H90O4. The molecule has 0 heterocycles. The van der Waals surface area contributed by atoms with E-state index in [0.717, 1.165) is 106 Å². The summed E-state index contributed by atoms with van der Waals surface area (Å²) in [6.45, 7) is 9.08. The second kappa shape index (κ2) is 28.2. The number of ether oxygens (including phenoxy) is 2. The molecule has 0 aromatic heterocycles. The number of aryl methyl sites for hydroxylation is 4. The molecule has 4 heteroatoms. The van der Waals surface area contributed by atoms with E-state index in [4.69, 9.17) is 9.47 Å². The van der Waals surface area contributed by atoms with Crippen molar-refractivity contribution in [3.05, 3.63) is 167 Å². The second-order valence-electron chi connectivity index (χ2n) is 24.8. The van der Waals surface area contributed by atoms with Gasteiger partial charge in [-0.1, -0.05) is 265 Å². The molecule has 0 unspecified atom stereocenters. The Kier molecular flexibility index (Phi) is 19.7. The van der Waals surface area contributed by atoms with Gasteiger partial charge in [0.2, 0.25) is 0 Å². The summed E-state index contributed by atoms with van der Waals surface area (Å²) in [7, 11) is 0.